The molecule has 0 radical (unpaired) electrons. The Morgan fingerprint density at radius 2 is 2.04 bits per heavy atom. The van der Waals surface area contributed by atoms with Crippen molar-refractivity contribution in [1.82, 2.24) is 4.98 Å². The first-order valence-corrected chi connectivity index (χ1v) is 8.80. The molecule has 0 bridgehead atoms. The molecule has 0 spiro atoms. The fraction of sp³-hybridized carbons (Fsp3) is 0.238. The molecule has 0 amide bonds. The molecule has 3 rings (SSSR count). The molecule has 0 aliphatic carbocycles. The van der Waals surface area contributed by atoms with Crippen molar-refractivity contribution >= 4 is 17.6 Å². The number of hydrogen-bond donors (Lipinski definition) is 0. The fourth-order valence-electron chi connectivity index (χ4n) is 3.09. The first-order valence-electron chi connectivity index (χ1n) is 8.80. The van der Waals surface area contributed by atoms with Crippen LogP contribution in [-0.4, -0.2) is 23.0 Å². The van der Waals surface area contributed by atoms with Crippen LogP contribution in [0.3, 0.4) is 0 Å². The van der Waals surface area contributed by atoms with Crippen LogP contribution in [-0.2, 0) is 0 Å². The summed E-state index contributed by atoms with van der Waals surface area (Å²) in [6.07, 6.45) is 7.75. The van der Waals surface area contributed by atoms with Gasteiger partial charge < -0.3 is 4.90 Å². The molecule has 1 aliphatic rings. The Kier molecular flexibility index (Phi) is 5.62. The number of nitriles is 1. The van der Waals surface area contributed by atoms with Crippen LogP contribution in [0.15, 0.2) is 54.1 Å². The van der Waals surface area contributed by atoms with Crippen molar-refractivity contribution in [1.29, 1.82) is 5.26 Å². The first-order chi connectivity index (χ1) is 13.1. The second-order valence-corrected chi connectivity index (χ2v) is 6.46. The van der Waals surface area contributed by atoms with Crippen LogP contribution in [0.4, 0.5) is 11.5 Å². The van der Waals surface area contributed by atoms with Crippen LogP contribution in [0.5, 0.6) is 0 Å². The smallest absolute Gasteiger partial charge is 0.311 e. The van der Waals surface area contributed by atoms with Gasteiger partial charge in [-0.2, -0.15) is 5.26 Å². The van der Waals surface area contributed by atoms with E-state index >= 15 is 0 Å². The van der Waals surface area contributed by atoms with Crippen LogP contribution >= 0.6 is 0 Å². The van der Waals surface area contributed by atoms with Gasteiger partial charge in [0.1, 0.15) is 0 Å². The maximum Gasteiger partial charge on any atom is 0.311 e. The Bertz CT molecular complexity index is 947. The lowest BCUT2D eigenvalue weighted by Crippen LogP contribution is -2.32. The van der Waals surface area contributed by atoms with E-state index in [1.54, 1.807) is 12.1 Å². The maximum absolute atomic E-state index is 11.3. The topological polar surface area (TPSA) is 83.1 Å². The van der Waals surface area contributed by atoms with E-state index in [-0.39, 0.29) is 10.6 Å². The Balaban J connectivity index is 1.66. The number of pyridine rings is 1. The fourth-order valence-corrected chi connectivity index (χ4v) is 3.09. The van der Waals surface area contributed by atoms with E-state index in [0.29, 0.717) is 24.5 Å². The molecule has 2 aromatic rings. The Labute approximate surface area is 158 Å². The maximum atomic E-state index is 11.3. The summed E-state index contributed by atoms with van der Waals surface area (Å²) in [6.45, 7) is 3.26. The summed E-state index contributed by atoms with van der Waals surface area (Å²) < 4.78 is 0. The third kappa shape index (κ3) is 4.59. The van der Waals surface area contributed by atoms with Crippen LogP contribution in [0, 0.1) is 28.4 Å². The normalized spacial score (nSPS) is 14.2. The minimum Gasteiger partial charge on any atom is -0.350 e. The van der Waals surface area contributed by atoms with Gasteiger partial charge in [-0.25, -0.2) is 4.98 Å². The predicted octanol–water partition coefficient (Wildman–Crippen LogP) is 4.41. The van der Waals surface area contributed by atoms with E-state index in [1.807, 2.05) is 42.2 Å². The van der Waals surface area contributed by atoms with Crippen molar-refractivity contribution in [2.45, 2.75) is 19.8 Å². The number of hydrogen-bond acceptors (Lipinski definition) is 5. The van der Waals surface area contributed by atoms with E-state index in [2.05, 4.69) is 17.1 Å². The van der Waals surface area contributed by atoms with Gasteiger partial charge in [-0.05, 0) is 43.5 Å². The molecule has 0 unspecified atom stereocenters. The number of allylic oxidation sites excluding steroid dienone is 2. The molecule has 0 N–H and O–H groups in total. The summed E-state index contributed by atoms with van der Waals surface area (Å²) in [7, 11) is 0. The third-order valence-electron chi connectivity index (χ3n) is 4.53. The molecular formula is C21H20N4O2. The molecule has 1 fully saturated rings. The van der Waals surface area contributed by atoms with Crippen molar-refractivity contribution in [3.05, 3.63) is 81.1 Å². The quantitative estimate of drug-likeness (QED) is 0.596. The molecule has 6 nitrogen and oxygen atoms in total. The summed E-state index contributed by atoms with van der Waals surface area (Å²) in [6, 6.07) is 12.8. The number of aromatic nitrogens is 1. The predicted molar refractivity (Wildman–Crippen MR) is 105 cm³/mol. The summed E-state index contributed by atoms with van der Waals surface area (Å²) >= 11 is 0. The third-order valence-corrected chi connectivity index (χ3v) is 4.53. The average molecular weight is 360 g/mol. The SMILES string of the molecule is Cc1ccc([N+](=O)[O-])c(N2CCC(=CC=Cc3cccc(C#N)c3)CC2)n1. The average Bonchev–Trinajstić information content (AvgIpc) is 2.68. The van der Waals surface area contributed by atoms with Gasteiger partial charge in [-0.1, -0.05) is 35.9 Å². The molecule has 0 saturated carbocycles. The zero-order valence-corrected chi connectivity index (χ0v) is 15.1. The molecule has 1 aromatic heterocycles. The summed E-state index contributed by atoms with van der Waals surface area (Å²) in [5.41, 5.74) is 3.77. The van der Waals surface area contributed by atoms with Gasteiger partial charge in [0, 0.05) is 24.8 Å². The van der Waals surface area contributed by atoms with Gasteiger partial charge in [0.25, 0.3) is 0 Å². The summed E-state index contributed by atoms with van der Waals surface area (Å²) in [4.78, 5) is 17.3. The highest BCUT2D eigenvalue weighted by atomic mass is 16.6. The number of anilines is 1. The molecule has 0 atom stereocenters. The molecular weight excluding hydrogens is 340 g/mol. The lowest BCUT2D eigenvalue weighted by molar-refractivity contribution is -0.384. The molecule has 1 aromatic carbocycles. The molecule has 136 valence electrons. The standard InChI is InChI=1S/C21H20N4O2/c1-16-8-9-20(25(26)27)21(23-16)24-12-10-17(11-13-24)4-2-5-18-6-3-7-19(14-18)15-22/h2-9,14H,10-13H2,1H3. The lowest BCUT2D eigenvalue weighted by atomic mass is 10.0. The van der Waals surface area contributed by atoms with Gasteiger partial charge in [-0.15, -0.1) is 0 Å². The van der Waals surface area contributed by atoms with E-state index in [9.17, 15) is 10.1 Å². The van der Waals surface area contributed by atoms with E-state index < -0.39 is 0 Å². The molecule has 27 heavy (non-hydrogen) atoms. The number of benzene rings is 1. The van der Waals surface area contributed by atoms with Crippen LogP contribution in [0.2, 0.25) is 0 Å². The Morgan fingerprint density at radius 1 is 1.26 bits per heavy atom. The van der Waals surface area contributed by atoms with Crippen molar-refractivity contribution < 1.29 is 4.92 Å². The van der Waals surface area contributed by atoms with E-state index in [4.69, 9.17) is 5.26 Å². The largest absolute Gasteiger partial charge is 0.350 e. The number of nitro groups is 1. The van der Waals surface area contributed by atoms with E-state index in [1.165, 1.54) is 11.6 Å². The van der Waals surface area contributed by atoms with Crippen molar-refractivity contribution in [2.24, 2.45) is 0 Å². The van der Waals surface area contributed by atoms with Gasteiger partial charge in [0.2, 0.25) is 5.82 Å². The summed E-state index contributed by atoms with van der Waals surface area (Å²) in [5, 5.41) is 20.2. The van der Waals surface area contributed by atoms with Crippen LogP contribution in [0.1, 0.15) is 29.7 Å². The second kappa shape index (κ2) is 8.28. The number of aryl methyl sites for hydroxylation is 1. The number of nitrogens with zero attached hydrogens (tertiary/aromatic N) is 4. The van der Waals surface area contributed by atoms with Crippen molar-refractivity contribution in [3.8, 4) is 6.07 Å². The summed E-state index contributed by atoms with van der Waals surface area (Å²) in [5.74, 6) is 0.461. The van der Waals surface area contributed by atoms with Crippen LogP contribution in [0.25, 0.3) is 6.08 Å². The highest BCUT2D eigenvalue weighted by Crippen LogP contribution is 2.29. The van der Waals surface area contributed by atoms with Gasteiger partial charge in [-0.3, -0.25) is 10.1 Å². The molecule has 2 heterocycles. The van der Waals surface area contributed by atoms with Crippen LogP contribution < -0.4 is 4.90 Å². The first kappa shape index (κ1) is 18.3. The van der Waals surface area contributed by atoms with Gasteiger partial charge in [0.15, 0.2) is 0 Å². The highest BCUT2D eigenvalue weighted by Gasteiger charge is 2.23. The minimum atomic E-state index is -0.370. The van der Waals surface area contributed by atoms with E-state index in [0.717, 1.165) is 24.1 Å². The minimum absolute atomic E-state index is 0.0605. The Hall–Kier alpha value is -3.46. The van der Waals surface area contributed by atoms with Gasteiger partial charge in [0.05, 0.1) is 16.6 Å². The van der Waals surface area contributed by atoms with Crippen molar-refractivity contribution in [3.63, 3.8) is 0 Å². The monoisotopic (exact) mass is 360 g/mol. The molecule has 1 aliphatic heterocycles. The number of piperidine rings is 1. The van der Waals surface area contributed by atoms with Gasteiger partial charge >= 0.3 is 5.69 Å². The molecule has 1 saturated heterocycles. The second-order valence-electron chi connectivity index (χ2n) is 6.46. The number of rotatable bonds is 4. The van der Waals surface area contributed by atoms with Crippen molar-refractivity contribution in [2.75, 3.05) is 18.0 Å². The highest BCUT2D eigenvalue weighted by molar-refractivity contribution is 5.59. The molecule has 6 heteroatoms. The zero-order valence-electron chi connectivity index (χ0n) is 15.1. The zero-order chi connectivity index (χ0) is 19.2. The Morgan fingerprint density at radius 3 is 2.74 bits per heavy atom. The lowest BCUT2D eigenvalue weighted by Gasteiger charge is -2.29.